The van der Waals surface area contributed by atoms with Gasteiger partial charge in [0.1, 0.15) is 0 Å². The molecule has 80 valence electrons. The van der Waals surface area contributed by atoms with Crippen LogP contribution in [0.3, 0.4) is 0 Å². The van der Waals surface area contributed by atoms with Crippen molar-refractivity contribution in [1.82, 2.24) is 15.1 Å². The maximum absolute atomic E-state index is 4.29. The van der Waals surface area contributed by atoms with E-state index in [9.17, 15) is 0 Å². The maximum atomic E-state index is 4.29. The van der Waals surface area contributed by atoms with E-state index in [4.69, 9.17) is 0 Å². The largest absolute Gasteiger partial charge is 0.309 e. The van der Waals surface area contributed by atoms with E-state index in [-0.39, 0.29) is 0 Å². The second kappa shape index (κ2) is 5.51. The molecule has 0 saturated carbocycles. The standard InChI is InChI=1S/C10H18BrN3/c1-4-6-12-8(3)10-9(11)7-13-14(10)5-2/h7-8,12H,4-6H2,1-3H3. The van der Waals surface area contributed by atoms with E-state index in [0.717, 1.165) is 24.0 Å². The van der Waals surface area contributed by atoms with Crippen LogP contribution < -0.4 is 5.32 Å². The van der Waals surface area contributed by atoms with Crippen molar-refractivity contribution in [2.45, 2.75) is 39.8 Å². The van der Waals surface area contributed by atoms with E-state index in [1.165, 1.54) is 5.69 Å². The van der Waals surface area contributed by atoms with E-state index in [0.29, 0.717) is 6.04 Å². The topological polar surface area (TPSA) is 29.9 Å². The molecule has 0 aliphatic carbocycles. The monoisotopic (exact) mass is 259 g/mol. The Bertz CT molecular complexity index is 283. The van der Waals surface area contributed by atoms with Crippen molar-refractivity contribution in [3.63, 3.8) is 0 Å². The minimum absolute atomic E-state index is 0.353. The quantitative estimate of drug-likeness (QED) is 0.882. The molecule has 1 rings (SSSR count). The Hall–Kier alpha value is -0.350. The van der Waals surface area contributed by atoms with E-state index < -0.39 is 0 Å². The highest BCUT2D eigenvalue weighted by Crippen LogP contribution is 2.22. The molecule has 1 unspecified atom stereocenters. The number of aryl methyl sites for hydroxylation is 1. The highest BCUT2D eigenvalue weighted by molar-refractivity contribution is 9.10. The Morgan fingerprint density at radius 2 is 2.29 bits per heavy atom. The molecule has 1 N–H and O–H groups in total. The number of hydrogen-bond donors (Lipinski definition) is 1. The van der Waals surface area contributed by atoms with Crippen LogP contribution in [0.5, 0.6) is 0 Å². The van der Waals surface area contributed by atoms with Crippen LogP contribution >= 0.6 is 15.9 Å². The van der Waals surface area contributed by atoms with Gasteiger partial charge in [0.2, 0.25) is 0 Å². The van der Waals surface area contributed by atoms with Crippen molar-refractivity contribution < 1.29 is 0 Å². The van der Waals surface area contributed by atoms with Crippen molar-refractivity contribution in [2.75, 3.05) is 6.54 Å². The van der Waals surface area contributed by atoms with E-state index in [1.807, 2.05) is 10.9 Å². The molecule has 0 aliphatic heterocycles. The summed E-state index contributed by atoms with van der Waals surface area (Å²) in [5.74, 6) is 0. The Morgan fingerprint density at radius 3 is 2.86 bits per heavy atom. The fraction of sp³-hybridized carbons (Fsp3) is 0.700. The lowest BCUT2D eigenvalue weighted by atomic mass is 10.2. The number of nitrogens with one attached hydrogen (secondary N) is 1. The van der Waals surface area contributed by atoms with E-state index in [1.54, 1.807) is 0 Å². The first kappa shape index (κ1) is 11.7. The van der Waals surface area contributed by atoms with Crippen molar-refractivity contribution in [3.8, 4) is 0 Å². The molecule has 3 nitrogen and oxygen atoms in total. The molecule has 0 saturated heterocycles. The highest BCUT2D eigenvalue weighted by Gasteiger charge is 2.13. The first-order valence-corrected chi connectivity index (χ1v) is 5.94. The number of rotatable bonds is 5. The molecule has 0 bridgehead atoms. The third-order valence-corrected chi connectivity index (χ3v) is 2.85. The fourth-order valence-corrected chi connectivity index (χ4v) is 2.15. The summed E-state index contributed by atoms with van der Waals surface area (Å²) in [4.78, 5) is 0. The average molecular weight is 260 g/mol. The minimum Gasteiger partial charge on any atom is -0.309 e. The van der Waals surface area contributed by atoms with Crippen LogP contribution in [0.4, 0.5) is 0 Å². The predicted octanol–water partition coefficient (Wildman–Crippen LogP) is 2.73. The summed E-state index contributed by atoms with van der Waals surface area (Å²) >= 11 is 3.53. The van der Waals surface area contributed by atoms with Gasteiger partial charge in [-0.1, -0.05) is 6.92 Å². The van der Waals surface area contributed by atoms with Crippen molar-refractivity contribution in [1.29, 1.82) is 0 Å². The lowest BCUT2D eigenvalue weighted by molar-refractivity contribution is 0.507. The van der Waals surface area contributed by atoms with Gasteiger partial charge in [0.05, 0.1) is 16.4 Å². The molecule has 1 aromatic rings. The summed E-state index contributed by atoms with van der Waals surface area (Å²) in [5, 5.41) is 7.75. The Balaban J connectivity index is 2.76. The first-order chi connectivity index (χ1) is 6.70. The second-order valence-electron chi connectivity index (χ2n) is 3.37. The van der Waals surface area contributed by atoms with Crippen LogP contribution in [0.2, 0.25) is 0 Å². The molecule has 14 heavy (non-hydrogen) atoms. The van der Waals surface area contributed by atoms with Gasteiger partial charge < -0.3 is 5.32 Å². The van der Waals surface area contributed by atoms with Gasteiger partial charge in [-0.3, -0.25) is 4.68 Å². The fourth-order valence-electron chi connectivity index (χ4n) is 1.51. The molecule has 4 heteroatoms. The molecule has 1 aromatic heterocycles. The third kappa shape index (κ3) is 2.58. The van der Waals surface area contributed by atoms with Gasteiger partial charge in [-0.2, -0.15) is 5.10 Å². The Kier molecular flexibility index (Phi) is 4.62. The van der Waals surface area contributed by atoms with Gasteiger partial charge in [0.25, 0.3) is 0 Å². The summed E-state index contributed by atoms with van der Waals surface area (Å²) in [6.45, 7) is 8.41. The summed E-state index contributed by atoms with van der Waals surface area (Å²) < 4.78 is 3.12. The van der Waals surface area contributed by atoms with Gasteiger partial charge >= 0.3 is 0 Å². The molecule has 0 aromatic carbocycles. The molecular formula is C10H18BrN3. The third-order valence-electron chi connectivity index (χ3n) is 2.24. The van der Waals surface area contributed by atoms with Crippen LogP contribution in [-0.4, -0.2) is 16.3 Å². The van der Waals surface area contributed by atoms with Gasteiger partial charge in [0.15, 0.2) is 0 Å². The Labute approximate surface area is 94.0 Å². The normalized spacial score (nSPS) is 13.1. The van der Waals surface area contributed by atoms with Crippen molar-refractivity contribution >= 4 is 15.9 Å². The first-order valence-electron chi connectivity index (χ1n) is 5.15. The second-order valence-corrected chi connectivity index (χ2v) is 4.22. The summed E-state index contributed by atoms with van der Waals surface area (Å²) in [6, 6.07) is 0.353. The smallest absolute Gasteiger partial charge is 0.0692 e. The van der Waals surface area contributed by atoms with Gasteiger partial charge in [0, 0.05) is 12.6 Å². The summed E-state index contributed by atoms with van der Waals surface area (Å²) in [7, 11) is 0. The van der Waals surface area contributed by atoms with Gasteiger partial charge in [-0.25, -0.2) is 0 Å². The number of nitrogens with zero attached hydrogens (tertiary/aromatic N) is 2. The van der Waals surface area contributed by atoms with E-state index >= 15 is 0 Å². The lowest BCUT2D eigenvalue weighted by Gasteiger charge is -2.15. The molecule has 0 aliphatic rings. The number of halogens is 1. The molecule has 0 amide bonds. The van der Waals surface area contributed by atoms with Crippen molar-refractivity contribution in [2.24, 2.45) is 0 Å². The van der Waals surface area contributed by atoms with Crippen LogP contribution in [0.15, 0.2) is 10.7 Å². The maximum Gasteiger partial charge on any atom is 0.0692 e. The molecule has 0 radical (unpaired) electrons. The zero-order valence-corrected chi connectivity index (χ0v) is 10.6. The average Bonchev–Trinajstić information content (AvgIpc) is 2.56. The lowest BCUT2D eigenvalue weighted by Crippen LogP contribution is -2.22. The number of hydrogen-bond acceptors (Lipinski definition) is 2. The predicted molar refractivity (Wildman–Crippen MR) is 62.3 cm³/mol. The summed E-state index contributed by atoms with van der Waals surface area (Å²) in [6.07, 6.45) is 3.02. The molecule has 0 spiro atoms. The molecule has 1 atom stereocenters. The van der Waals surface area contributed by atoms with Gasteiger partial charge in [-0.05, 0) is 42.7 Å². The zero-order valence-electron chi connectivity index (χ0n) is 9.05. The van der Waals surface area contributed by atoms with Crippen LogP contribution in [0.25, 0.3) is 0 Å². The highest BCUT2D eigenvalue weighted by atomic mass is 79.9. The van der Waals surface area contributed by atoms with E-state index in [2.05, 4.69) is 47.1 Å². The molecule has 0 fully saturated rings. The van der Waals surface area contributed by atoms with Crippen LogP contribution in [0.1, 0.15) is 38.9 Å². The molecular weight excluding hydrogens is 242 g/mol. The van der Waals surface area contributed by atoms with Crippen molar-refractivity contribution in [3.05, 3.63) is 16.4 Å². The minimum atomic E-state index is 0.353. The molecule has 1 heterocycles. The Morgan fingerprint density at radius 1 is 1.57 bits per heavy atom. The number of aromatic nitrogens is 2. The van der Waals surface area contributed by atoms with Crippen LogP contribution in [0, 0.1) is 0 Å². The zero-order chi connectivity index (χ0) is 10.6. The van der Waals surface area contributed by atoms with Crippen LogP contribution in [-0.2, 0) is 6.54 Å². The summed E-state index contributed by atoms with van der Waals surface area (Å²) in [5.41, 5.74) is 1.24. The van der Waals surface area contributed by atoms with Gasteiger partial charge in [-0.15, -0.1) is 0 Å². The SMILES string of the molecule is CCCNC(C)c1c(Br)cnn1CC.